The summed E-state index contributed by atoms with van der Waals surface area (Å²) in [6, 6.07) is 6.15. The average Bonchev–Trinajstić information content (AvgIpc) is 3.20. The molecule has 0 bridgehead atoms. The van der Waals surface area contributed by atoms with Gasteiger partial charge in [-0.3, -0.25) is 5.84 Å². The molecule has 1 aromatic heterocycles. The maximum Gasteiger partial charge on any atom is 0.573 e. The van der Waals surface area contributed by atoms with E-state index >= 15 is 0 Å². The fourth-order valence-electron chi connectivity index (χ4n) is 2.16. The highest BCUT2D eigenvalue weighted by atomic mass is 19.4. The number of ether oxygens (including phenoxy) is 1. The molecule has 1 aliphatic carbocycles. The highest BCUT2D eigenvalue weighted by molar-refractivity contribution is 5.95. The van der Waals surface area contributed by atoms with Gasteiger partial charge < -0.3 is 10.2 Å². The first-order valence-corrected chi connectivity index (χ1v) is 6.14. The third-order valence-electron chi connectivity index (χ3n) is 3.20. The number of nitrogens with one attached hydrogen (secondary N) is 1. The molecule has 0 unspecified atom stereocenters. The summed E-state index contributed by atoms with van der Waals surface area (Å²) in [5, 5.41) is 0.499. The number of rotatable bonds is 3. The number of pyridine rings is 1. The summed E-state index contributed by atoms with van der Waals surface area (Å²) in [5.41, 5.74) is 3.96. The summed E-state index contributed by atoms with van der Waals surface area (Å²) < 4.78 is 41.3. The molecule has 3 N–H and O–H groups in total. The van der Waals surface area contributed by atoms with E-state index in [1.807, 2.05) is 0 Å². The van der Waals surface area contributed by atoms with Crippen LogP contribution in [0.4, 0.5) is 18.9 Å². The third kappa shape index (κ3) is 2.49. The lowest BCUT2D eigenvalue weighted by molar-refractivity contribution is -0.274. The van der Waals surface area contributed by atoms with Crippen molar-refractivity contribution in [1.82, 2.24) is 4.98 Å². The van der Waals surface area contributed by atoms with Crippen molar-refractivity contribution in [3.8, 4) is 5.75 Å². The highest BCUT2D eigenvalue weighted by Gasteiger charge is 2.33. The van der Waals surface area contributed by atoms with Gasteiger partial charge in [0.2, 0.25) is 0 Å². The van der Waals surface area contributed by atoms with Crippen LogP contribution in [-0.4, -0.2) is 11.3 Å². The molecule has 0 radical (unpaired) electrons. The fourth-order valence-corrected chi connectivity index (χ4v) is 2.16. The SMILES string of the molecule is NNc1cc(C2CC2)nc2c(OC(F)(F)F)cccc12. The van der Waals surface area contributed by atoms with Crippen molar-refractivity contribution >= 4 is 16.6 Å². The Bertz CT molecular complexity index is 653. The summed E-state index contributed by atoms with van der Waals surface area (Å²) >= 11 is 0. The lowest BCUT2D eigenvalue weighted by atomic mass is 10.1. The van der Waals surface area contributed by atoms with Gasteiger partial charge in [0.15, 0.2) is 5.75 Å². The van der Waals surface area contributed by atoms with E-state index in [4.69, 9.17) is 5.84 Å². The molecule has 106 valence electrons. The van der Waals surface area contributed by atoms with E-state index in [0.717, 1.165) is 18.5 Å². The first kappa shape index (κ1) is 13.0. The molecule has 1 fully saturated rings. The van der Waals surface area contributed by atoms with Gasteiger partial charge >= 0.3 is 6.36 Å². The zero-order valence-corrected chi connectivity index (χ0v) is 10.4. The summed E-state index contributed by atoms with van der Waals surface area (Å²) in [6.07, 6.45) is -2.77. The van der Waals surface area contributed by atoms with Crippen LogP contribution in [0.3, 0.4) is 0 Å². The van der Waals surface area contributed by atoms with Crippen LogP contribution in [-0.2, 0) is 0 Å². The standard InChI is InChI=1S/C13H12F3N3O/c14-13(15,16)20-11-3-1-2-8-10(19-17)6-9(7-4-5-7)18-12(8)11/h1-3,6-7H,4-5,17H2,(H,18,19). The molecule has 0 spiro atoms. The number of alkyl halides is 3. The second-order valence-corrected chi connectivity index (χ2v) is 4.71. The number of nitrogens with two attached hydrogens (primary N) is 1. The van der Waals surface area contributed by atoms with Crippen LogP contribution < -0.4 is 16.0 Å². The minimum atomic E-state index is -4.75. The Morgan fingerprint density at radius 1 is 1.30 bits per heavy atom. The number of para-hydroxylation sites is 1. The predicted molar refractivity (Wildman–Crippen MR) is 68.2 cm³/mol. The molecule has 1 aliphatic rings. The van der Waals surface area contributed by atoms with Crippen LogP contribution >= 0.6 is 0 Å². The molecule has 0 atom stereocenters. The van der Waals surface area contributed by atoms with Gasteiger partial charge in [0.1, 0.15) is 5.52 Å². The van der Waals surface area contributed by atoms with Gasteiger partial charge in [-0.2, -0.15) is 0 Å². The molecule has 0 saturated heterocycles. The topological polar surface area (TPSA) is 60.2 Å². The van der Waals surface area contributed by atoms with Crippen molar-refractivity contribution in [2.75, 3.05) is 5.43 Å². The molecular formula is C13H12F3N3O. The van der Waals surface area contributed by atoms with Crippen LogP contribution in [0, 0.1) is 0 Å². The number of aromatic nitrogens is 1. The van der Waals surface area contributed by atoms with E-state index in [1.165, 1.54) is 12.1 Å². The number of fused-ring (bicyclic) bond motifs is 1. The number of halogens is 3. The van der Waals surface area contributed by atoms with Gasteiger partial charge in [0.05, 0.1) is 5.69 Å². The van der Waals surface area contributed by atoms with E-state index in [2.05, 4.69) is 15.1 Å². The van der Waals surface area contributed by atoms with E-state index in [1.54, 1.807) is 12.1 Å². The number of hydrazine groups is 1. The van der Waals surface area contributed by atoms with Gasteiger partial charge in [0.25, 0.3) is 0 Å². The predicted octanol–water partition coefficient (Wildman–Crippen LogP) is 3.30. The number of nitrogen functional groups attached to an aromatic ring is 1. The Balaban J connectivity index is 2.17. The highest BCUT2D eigenvalue weighted by Crippen LogP contribution is 2.42. The van der Waals surface area contributed by atoms with Crippen LogP contribution in [0.15, 0.2) is 24.3 Å². The monoisotopic (exact) mass is 283 g/mol. The third-order valence-corrected chi connectivity index (χ3v) is 3.20. The molecule has 1 saturated carbocycles. The molecule has 20 heavy (non-hydrogen) atoms. The minimum Gasteiger partial charge on any atom is -0.403 e. The molecular weight excluding hydrogens is 271 g/mol. The smallest absolute Gasteiger partial charge is 0.403 e. The second-order valence-electron chi connectivity index (χ2n) is 4.71. The van der Waals surface area contributed by atoms with Crippen molar-refractivity contribution in [2.45, 2.75) is 25.1 Å². The van der Waals surface area contributed by atoms with Crippen LogP contribution in [0.1, 0.15) is 24.5 Å². The van der Waals surface area contributed by atoms with Gasteiger partial charge in [-0.1, -0.05) is 12.1 Å². The van der Waals surface area contributed by atoms with Crippen molar-refractivity contribution in [3.05, 3.63) is 30.0 Å². The van der Waals surface area contributed by atoms with E-state index in [0.29, 0.717) is 17.0 Å². The maximum atomic E-state index is 12.4. The molecule has 4 nitrogen and oxygen atoms in total. The summed E-state index contributed by atoms with van der Waals surface area (Å²) in [6.45, 7) is 0. The number of anilines is 1. The van der Waals surface area contributed by atoms with Crippen molar-refractivity contribution in [1.29, 1.82) is 0 Å². The van der Waals surface area contributed by atoms with Gasteiger partial charge in [0, 0.05) is 17.0 Å². The van der Waals surface area contributed by atoms with Gasteiger partial charge in [-0.05, 0) is 25.0 Å². The van der Waals surface area contributed by atoms with Gasteiger partial charge in [-0.15, -0.1) is 13.2 Å². The van der Waals surface area contributed by atoms with Crippen LogP contribution in [0.2, 0.25) is 0 Å². The number of benzene rings is 1. The summed E-state index contributed by atoms with van der Waals surface area (Å²) in [4.78, 5) is 4.31. The van der Waals surface area contributed by atoms with Gasteiger partial charge in [-0.25, -0.2) is 4.98 Å². The average molecular weight is 283 g/mol. The molecule has 7 heteroatoms. The zero-order valence-electron chi connectivity index (χ0n) is 10.4. The normalized spacial score (nSPS) is 15.4. The van der Waals surface area contributed by atoms with E-state index in [9.17, 15) is 13.2 Å². The molecule has 1 heterocycles. The maximum absolute atomic E-state index is 12.4. The summed E-state index contributed by atoms with van der Waals surface area (Å²) in [7, 11) is 0. The van der Waals surface area contributed by atoms with Crippen molar-refractivity contribution in [3.63, 3.8) is 0 Å². The Kier molecular flexibility index (Phi) is 2.93. The second kappa shape index (κ2) is 4.52. The number of hydrogen-bond acceptors (Lipinski definition) is 4. The zero-order chi connectivity index (χ0) is 14.3. The fraction of sp³-hybridized carbons (Fsp3) is 0.308. The van der Waals surface area contributed by atoms with Crippen molar-refractivity contribution < 1.29 is 17.9 Å². The van der Waals surface area contributed by atoms with Crippen LogP contribution in [0.25, 0.3) is 10.9 Å². The Hall–Kier alpha value is -2.02. The Morgan fingerprint density at radius 2 is 2.05 bits per heavy atom. The molecule has 1 aromatic carbocycles. The number of hydrogen-bond donors (Lipinski definition) is 2. The van der Waals surface area contributed by atoms with E-state index in [-0.39, 0.29) is 11.3 Å². The Labute approximate surface area is 112 Å². The molecule has 3 rings (SSSR count). The lowest BCUT2D eigenvalue weighted by Gasteiger charge is -2.13. The first-order chi connectivity index (χ1) is 9.48. The number of nitrogens with zero attached hydrogens (tertiary/aromatic N) is 1. The molecule has 2 aromatic rings. The minimum absolute atomic E-state index is 0.169. The molecule has 0 aliphatic heterocycles. The van der Waals surface area contributed by atoms with E-state index < -0.39 is 6.36 Å². The van der Waals surface area contributed by atoms with Crippen molar-refractivity contribution in [2.24, 2.45) is 5.84 Å². The quantitative estimate of drug-likeness (QED) is 0.670. The van der Waals surface area contributed by atoms with Crippen LogP contribution in [0.5, 0.6) is 5.75 Å². The largest absolute Gasteiger partial charge is 0.573 e. The molecule has 0 amide bonds. The summed E-state index contributed by atoms with van der Waals surface area (Å²) in [5.74, 6) is 5.43. The Morgan fingerprint density at radius 3 is 2.65 bits per heavy atom. The lowest BCUT2D eigenvalue weighted by Crippen LogP contribution is -2.17. The first-order valence-electron chi connectivity index (χ1n) is 6.14.